The van der Waals surface area contributed by atoms with Crippen molar-refractivity contribution < 1.29 is 22.7 Å². The van der Waals surface area contributed by atoms with Gasteiger partial charge in [0.05, 0.1) is 4.90 Å². The van der Waals surface area contributed by atoms with E-state index in [9.17, 15) is 18.0 Å². The fourth-order valence-corrected chi connectivity index (χ4v) is 7.59. The topological polar surface area (TPSA) is 102 Å². The number of carbonyl (C=O) groups is 2. The number of hydrogen-bond donors (Lipinski definition) is 2. The van der Waals surface area contributed by atoms with Crippen molar-refractivity contribution in [1.29, 1.82) is 0 Å². The predicted octanol–water partition coefficient (Wildman–Crippen LogP) is 3.27. The first kappa shape index (κ1) is 23.5. The van der Waals surface area contributed by atoms with Crippen molar-refractivity contribution in [3.63, 3.8) is 0 Å². The van der Waals surface area contributed by atoms with Gasteiger partial charge in [-0.3, -0.25) is 9.59 Å². The number of nitrogens with one attached hydrogen (secondary N) is 2. The van der Waals surface area contributed by atoms with Gasteiger partial charge in [0.2, 0.25) is 10.0 Å². The van der Waals surface area contributed by atoms with E-state index >= 15 is 0 Å². The Morgan fingerprint density at radius 3 is 2.09 bits per heavy atom. The lowest BCUT2D eigenvalue weighted by Gasteiger charge is -2.56. The number of carbonyl (C=O) groups excluding carboxylic acids is 2. The van der Waals surface area contributed by atoms with Gasteiger partial charge < -0.3 is 10.1 Å². The molecule has 1 aromatic carbocycles. The van der Waals surface area contributed by atoms with Gasteiger partial charge >= 0.3 is 5.97 Å². The zero-order chi connectivity index (χ0) is 23.1. The second-order valence-electron chi connectivity index (χ2n) is 10.2. The Morgan fingerprint density at radius 2 is 1.59 bits per heavy atom. The van der Waals surface area contributed by atoms with E-state index in [0.29, 0.717) is 22.8 Å². The summed E-state index contributed by atoms with van der Waals surface area (Å²) in [7, 11) is -3.95. The van der Waals surface area contributed by atoms with Crippen molar-refractivity contribution in [1.82, 2.24) is 10.0 Å². The molecule has 7 nitrogen and oxygen atoms in total. The van der Waals surface area contributed by atoms with E-state index in [2.05, 4.69) is 10.0 Å². The molecule has 4 saturated carbocycles. The lowest BCUT2D eigenvalue weighted by Crippen LogP contribution is -2.60. The van der Waals surface area contributed by atoms with E-state index < -0.39 is 28.6 Å². The summed E-state index contributed by atoms with van der Waals surface area (Å²) in [6, 6.07) is 4.56. The van der Waals surface area contributed by atoms with E-state index in [-0.39, 0.29) is 22.3 Å². The maximum Gasteiger partial charge on any atom is 0.324 e. The minimum absolute atomic E-state index is 0.0000840. The van der Waals surface area contributed by atoms with Gasteiger partial charge in [0, 0.05) is 10.6 Å². The van der Waals surface area contributed by atoms with Gasteiger partial charge in [0.15, 0.2) is 6.61 Å². The van der Waals surface area contributed by atoms with E-state index in [1.807, 2.05) is 0 Å². The van der Waals surface area contributed by atoms with Crippen molar-refractivity contribution in [2.24, 2.45) is 23.7 Å². The minimum atomic E-state index is -3.95. The molecule has 1 unspecified atom stereocenters. The highest BCUT2D eigenvalue weighted by Crippen LogP contribution is 2.55. The highest BCUT2D eigenvalue weighted by atomic mass is 35.5. The first-order valence-electron chi connectivity index (χ1n) is 11.3. The number of benzene rings is 1. The number of esters is 1. The third kappa shape index (κ3) is 5.13. The summed E-state index contributed by atoms with van der Waals surface area (Å²) in [5.41, 5.74) is -0.161. The summed E-state index contributed by atoms with van der Waals surface area (Å²) in [6.45, 7) is 3.02. The first-order valence-corrected chi connectivity index (χ1v) is 13.2. The van der Waals surface area contributed by atoms with E-state index in [4.69, 9.17) is 16.3 Å². The Morgan fingerprint density at radius 1 is 1.06 bits per heavy atom. The summed E-state index contributed by atoms with van der Waals surface area (Å²) >= 11 is 5.82. The largest absolute Gasteiger partial charge is 0.454 e. The second kappa shape index (κ2) is 8.95. The Kier molecular flexibility index (Phi) is 6.58. The molecule has 5 rings (SSSR count). The molecule has 0 radical (unpaired) electrons. The zero-order valence-corrected chi connectivity index (χ0v) is 20.0. The number of amides is 1. The zero-order valence-electron chi connectivity index (χ0n) is 18.5. The van der Waals surface area contributed by atoms with Crippen LogP contribution < -0.4 is 10.0 Å². The van der Waals surface area contributed by atoms with Crippen LogP contribution >= 0.6 is 11.6 Å². The second-order valence-corrected chi connectivity index (χ2v) is 12.3. The molecular formula is C23H31ClN2O5S. The minimum Gasteiger partial charge on any atom is -0.454 e. The van der Waals surface area contributed by atoms with Gasteiger partial charge in [0.25, 0.3) is 5.91 Å². The lowest BCUT2D eigenvalue weighted by molar-refractivity contribution is -0.152. The van der Waals surface area contributed by atoms with Gasteiger partial charge in [-0.15, -0.1) is 0 Å². The average Bonchev–Trinajstić information content (AvgIpc) is 2.69. The van der Waals surface area contributed by atoms with Crippen molar-refractivity contribution in [2.45, 2.75) is 68.8 Å². The Hall–Kier alpha value is -1.64. The molecule has 0 aliphatic heterocycles. The van der Waals surface area contributed by atoms with Gasteiger partial charge in [0.1, 0.15) is 6.04 Å². The van der Waals surface area contributed by atoms with E-state index in [0.717, 1.165) is 19.3 Å². The van der Waals surface area contributed by atoms with Crippen LogP contribution in [0.2, 0.25) is 5.02 Å². The maximum atomic E-state index is 12.7. The fraction of sp³-hybridized carbons (Fsp3) is 0.652. The molecule has 0 spiro atoms. The number of hydrogen-bond acceptors (Lipinski definition) is 5. The van der Waals surface area contributed by atoms with Crippen LogP contribution in [-0.4, -0.2) is 38.5 Å². The Balaban J connectivity index is 1.34. The van der Waals surface area contributed by atoms with Crippen LogP contribution in [0.5, 0.6) is 0 Å². The number of ether oxygens (including phenoxy) is 1. The molecule has 4 aliphatic rings. The quantitative estimate of drug-likeness (QED) is 0.554. The van der Waals surface area contributed by atoms with Crippen LogP contribution in [0.1, 0.15) is 52.4 Å². The maximum absolute atomic E-state index is 12.7. The van der Waals surface area contributed by atoms with Gasteiger partial charge in [-0.05, 0) is 86.5 Å². The summed E-state index contributed by atoms with van der Waals surface area (Å²) in [5, 5.41) is 3.57. The molecule has 2 N–H and O–H groups in total. The average molecular weight is 483 g/mol. The van der Waals surface area contributed by atoms with Crippen LogP contribution in [-0.2, 0) is 24.3 Å². The lowest BCUT2D eigenvalue weighted by atomic mass is 9.53. The first-order chi connectivity index (χ1) is 15.1. The van der Waals surface area contributed by atoms with Crippen LogP contribution in [0.25, 0.3) is 0 Å². The van der Waals surface area contributed by atoms with Crippen molar-refractivity contribution in [3.05, 3.63) is 29.3 Å². The molecule has 0 heterocycles. The standard InChI is InChI=1S/C23H31ClN2O5S/c1-14(2)21(26-32(29,30)19-5-3-18(24)4-6-19)22(28)31-13-20(27)25-23-10-15-7-16(11-23)9-17(8-15)12-23/h3-6,14-17,21,26H,7-13H2,1-2H3,(H,25,27). The molecule has 4 bridgehead atoms. The van der Waals surface area contributed by atoms with Gasteiger partial charge in [-0.2, -0.15) is 4.72 Å². The molecule has 4 aliphatic carbocycles. The van der Waals surface area contributed by atoms with Gasteiger partial charge in [-0.1, -0.05) is 25.4 Å². The molecule has 4 fully saturated rings. The van der Waals surface area contributed by atoms with Crippen molar-refractivity contribution in [2.75, 3.05) is 6.61 Å². The molecular weight excluding hydrogens is 452 g/mol. The molecule has 9 heteroatoms. The molecule has 0 saturated heterocycles. The number of halogens is 1. The molecule has 0 aromatic heterocycles. The monoisotopic (exact) mass is 482 g/mol. The summed E-state index contributed by atoms with van der Waals surface area (Å²) in [6.07, 6.45) is 6.84. The van der Waals surface area contributed by atoms with Crippen LogP contribution in [0.4, 0.5) is 0 Å². The molecule has 1 amide bonds. The van der Waals surface area contributed by atoms with Crippen molar-refractivity contribution in [3.8, 4) is 0 Å². The summed E-state index contributed by atoms with van der Waals surface area (Å²) in [5.74, 6) is 0.627. The summed E-state index contributed by atoms with van der Waals surface area (Å²) < 4.78 is 33.0. The van der Waals surface area contributed by atoms with Crippen molar-refractivity contribution >= 4 is 33.5 Å². The highest BCUT2D eigenvalue weighted by Gasteiger charge is 2.51. The predicted molar refractivity (Wildman–Crippen MR) is 120 cm³/mol. The van der Waals surface area contributed by atoms with Crippen LogP contribution in [0.15, 0.2) is 29.2 Å². The fourth-order valence-electron chi connectivity index (χ4n) is 6.13. The Labute approximate surface area is 194 Å². The van der Waals surface area contributed by atoms with E-state index in [1.165, 1.54) is 43.5 Å². The number of rotatable bonds is 8. The smallest absolute Gasteiger partial charge is 0.324 e. The molecule has 32 heavy (non-hydrogen) atoms. The van der Waals surface area contributed by atoms with E-state index in [1.54, 1.807) is 13.8 Å². The number of sulfonamides is 1. The third-order valence-electron chi connectivity index (χ3n) is 7.12. The van der Waals surface area contributed by atoms with Crippen LogP contribution in [0, 0.1) is 23.7 Å². The molecule has 1 aromatic rings. The molecule has 1 atom stereocenters. The SMILES string of the molecule is CC(C)C(NS(=O)(=O)c1ccc(Cl)cc1)C(=O)OCC(=O)NC12CC3CC(CC(C3)C1)C2. The highest BCUT2D eigenvalue weighted by molar-refractivity contribution is 7.89. The summed E-state index contributed by atoms with van der Waals surface area (Å²) in [4.78, 5) is 25.3. The normalized spacial score (nSPS) is 29.7. The molecule has 176 valence electrons. The third-order valence-corrected chi connectivity index (χ3v) is 8.82. The van der Waals surface area contributed by atoms with Crippen LogP contribution in [0.3, 0.4) is 0 Å². The Bertz CT molecular complexity index is 941. The van der Waals surface area contributed by atoms with Gasteiger partial charge in [-0.25, -0.2) is 8.42 Å².